The Hall–Kier alpha value is -2.34. The van der Waals surface area contributed by atoms with Crippen molar-refractivity contribution in [3.8, 4) is 5.75 Å². The molecule has 1 heterocycles. The van der Waals surface area contributed by atoms with Crippen LogP contribution in [0.1, 0.15) is 18.6 Å². The van der Waals surface area contributed by atoms with E-state index in [9.17, 15) is 14.3 Å². The Morgan fingerprint density at radius 2 is 2.13 bits per heavy atom. The van der Waals surface area contributed by atoms with Crippen LogP contribution >= 0.6 is 0 Å². The average Bonchev–Trinajstić information content (AvgIpc) is 3.27. The molecule has 1 aliphatic rings. The van der Waals surface area contributed by atoms with Gasteiger partial charge in [0.05, 0.1) is 12.8 Å². The van der Waals surface area contributed by atoms with Gasteiger partial charge in [0.25, 0.3) is 5.91 Å². The molecule has 1 aromatic heterocycles. The summed E-state index contributed by atoms with van der Waals surface area (Å²) < 4.78 is 23.8. The maximum absolute atomic E-state index is 13.4. The van der Waals surface area contributed by atoms with E-state index in [0.717, 1.165) is 12.8 Å². The van der Waals surface area contributed by atoms with Gasteiger partial charge in [-0.25, -0.2) is 4.39 Å². The number of carbonyl (C=O) groups is 1. The van der Waals surface area contributed by atoms with Gasteiger partial charge in [0, 0.05) is 0 Å². The molecule has 1 amide bonds. The fraction of sp³-hybridized carbons (Fsp3) is 0.353. The zero-order valence-electron chi connectivity index (χ0n) is 12.5. The second-order valence-electron chi connectivity index (χ2n) is 5.67. The topological polar surface area (TPSA) is 71.7 Å². The summed E-state index contributed by atoms with van der Waals surface area (Å²) >= 11 is 0. The van der Waals surface area contributed by atoms with Gasteiger partial charge < -0.3 is 19.6 Å². The lowest BCUT2D eigenvalue weighted by Gasteiger charge is -2.26. The number of amides is 1. The molecule has 0 bridgehead atoms. The molecule has 23 heavy (non-hydrogen) atoms. The molecule has 1 atom stereocenters. The van der Waals surface area contributed by atoms with Gasteiger partial charge in [0.15, 0.2) is 18.2 Å². The quantitative estimate of drug-likeness (QED) is 0.821. The number of aliphatic hydroxyl groups is 1. The minimum atomic E-state index is -1.21. The highest BCUT2D eigenvalue weighted by Gasteiger charge is 2.47. The van der Waals surface area contributed by atoms with Crippen LogP contribution in [0.3, 0.4) is 0 Å². The number of furan rings is 1. The monoisotopic (exact) mass is 319 g/mol. The summed E-state index contributed by atoms with van der Waals surface area (Å²) in [5, 5.41) is 13.4. The highest BCUT2D eigenvalue weighted by molar-refractivity contribution is 5.77. The molecule has 5 nitrogen and oxygen atoms in total. The van der Waals surface area contributed by atoms with Crippen molar-refractivity contribution in [2.45, 2.75) is 18.4 Å². The summed E-state index contributed by atoms with van der Waals surface area (Å²) in [6.45, 7) is -0.287. The average molecular weight is 319 g/mol. The predicted molar refractivity (Wildman–Crippen MR) is 80.2 cm³/mol. The first kappa shape index (κ1) is 15.6. The third-order valence-corrected chi connectivity index (χ3v) is 3.95. The summed E-state index contributed by atoms with van der Waals surface area (Å²) in [6.07, 6.45) is 3.27. The molecule has 122 valence electrons. The minimum Gasteiger partial charge on any atom is -0.481 e. The number of ether oxygens (including phenoxy) is 1. The third kappa shape index (κ3) is 3.53. The lowest BCUT2D eigenvalue weighted by Crippen LogP contribution is -2.43. The molecule has 1 aliphatic carbocycles. The summed E-state index contributed by atoms with van der Waals surface area (Å²) in [4.78, 5) is 11.9. The van der Waals surface area contributed by atoms with E-state index in [1.165, 1.54) is 18.4 Å². The molecule has 0 spiro atoms. The van der Waals surface area contributed by atoms with Crippen molar-refractivity contribution in [2.24, 2.45) is 5.92 Å². The van der Waals surface area contributed by atoms with Crippen molar-refractivity contribution in [3.63, 3.8) is 0 Å². The van der Waals surface area contributed by atoms with Crippen LogP contribution in [0.5, 0.6) is 5.75 Å². The molecule has 1 aromatic carbocycles. The second-order valence-corrected chi connectivity index (χ2v) is 5.67. The molecule has 2 aromatic rings. The lowest BCUT2D eigenvalue weighted by molar-refractivity contribution is -0.125. The van der Waals surface area contributed by atoms with Gasteiger partial charge in [-0.05, 0) is 43.0 Å². The lowest BCUT2D eigenvalue weighted by atomic mass is 9.94. The maximum atomic E-state index is 13.4. The fourth-order valence-corrected chi connectivity index (χ4v) is 2.51. The predicted octanol–water partition coefficient (Wildman–Crippen LogP) is 2.21. The van der Waals surface area contributed by atoms with E-state index in [0.29, 0.717) is 5.76 Å². The Balaban J connectivity index is 1.55. The van der Waals surface area contributed by atoms with Crippen LogP contribution in [0.25, 0.3) is 0 Å². The molecule has 3 rings (SSSR count). The first-order valence-corrected chi connectivity index (χ1v) is 7.50. The van der Waals surface area contributed by atoms with Crippen LogP contribution in [-0.4, -0.2) is 24.2 Å². The standard InChI is InChI=1S/C17H18FNO4/c18-13-4-1-2-5-14(13)23-10-16(20)19-11-17(21,12-7-8-12)15-6-3-9-22-15/h1-6,9,12,21H,7-8,10-11H2,(H,19,20)/t17-/m0/s1. The van der Waals surface area contributed by atoms with E-state index < -0.39 is 17.3 Å². The van der Waals surface area contributed by atoms with Gasteiger partial charge in [-0.15, -0.1) is 0 Å². The molecule has 0 saturated heterocycles. The number of benzene rings is 1. The summed E-state index contributed by atoms with van der Waals surface area (Å²) in [6, 6.07) is 9.27. The Bertz CT molecular complexity index is 669. The molecule has 0 unspecified atom stereocenters. The Morgan fingerprint density at radius 3 is 2.78 bits per heavy atom. The highest BCUT2D eigenvalue weighted by Crippen LogP contribution is 2.45. The largest absolute Gasteiger partial charge is 0.481 e. The van der Waals surface area contributed by atoms with Gasteiger partial charge >= 0.3 is 0 Å². The van der Waals surface area contributed by atoms with Crippen molar-refractivity contribution in [1.82, 2.24) is 5.32 Å². The van der Waals surface area contributed by atoms with Crippen LogP contribution in [0.2, 0.25) is 0 Å². The Kier molecular flexibility index (Phi) is 4.34. The van der Waals surface area contributed by atoms with Crippen LogP contribution in [0.15, 0.2) is 47.1 Å². The van der Waals surface area contributed by atoms with Gasteiger partial charge in [0.2, 0.25) is 0 Å². The van der Waals surface area contributed by atoms with Crippen molar-refractivity contribution < 1.29 is 23.4 Å². The molecular weight excluding hydrogens is 301 g/mol. The van der Waals surface area contributed by atoms with Crippen molar-refractivity contribution in [2.75, 3.05) is 13.2 Å². The summed E-state index contributed by atoms with van der Waals surface area (Å²) in [5.41, 5.74) is -1.21. The molecule has 1 fully saturated rings. The zero-order valence-corrected chi connectivity index (χ0v) is 12.5. The summed E-state index contributed by atoms with van der Waals surface area (Å²) in [7, 11) is 0. The summed E-state index contributed by atoms with van der Waals surface area (Å²) in [5.74, 6) is -0.424. The van der Waals surface area contributed by atoms with E-state index in [2.05, 4.69) is 5.32 Å². The van der Waals surface area contributed by atoms with E-state index in [1.54, 1.807) is 24.3 Å². The van der Waals surface area contributed by atoms with Crippen molar-refractivity contribution in [3.05, 3.63) is 54.2 Å². The van der Waals surface area contributed by atoms with Crippen molar-refractivity contribution >= 4 is 5.91 Å². The zero-order chi connectivity index (χ0) is 16.3. The number of para-hydroxylation sites is 1. The molecule has 0 aliphatic heterocycles. The van der Waals surface area contributed by atoms with E-state index in [1.807, 2.05) is 0 Å². The molecular formula is C17H18FNO4. The van der Waals surface area contributed by atoms with Crippen LogP contribution in [0.4, 0.5) is 4.39 Å². The van der Waals surface area contributed by atoms with Gasteiger partial charge in [-0.3, -0.25) is 4.79 Å². The number of nitrogens with one attached hydrogen (secondary N) is 1. The molecule has 6 heteroatoms. The maximum Gasteiger partial charge on any atom is 0.258 e. The van der Waals surface area contributed by atoms with Crippen LogP contribution in [0, 0.1) is 11.7 Å². The van der Waals surface area contributed by atoms with E-state index >= 15 is 0 Å². The number of carbonyl (C=O) groups excluding carboxylic acids is 1. The molecule has 0 radical (unpaired) electrons. The fourth-order valence-electron chi connectivity index (χ4n) is 2.51. The number of hydrogen-bond donors (Lipinski definition) is 2. The van der Waals surface area contributed by atoms with E-state index in [4.69, 9.17) is 9.15 Å². The van der Waals surface area contributed by atoms with Gasteiger partial charge in [-0.2, -0.15) is 0 Å². The Labute approximate surface area is 133 Å². The first-order chi connectivity index (χ1) is 11.1. The highest BCUT2D eigenvalue weighted by atomic mass is 19.1. The van der Waals surface area contributed by atoms with Crippen molar-refractivity contribution in [1.29, 1.82) is 0 Å². The van der Waals surface area contributed by atoms with E-state index in [-0.39, 0.29) is 24.8 Å². The third-order valence-electron chi connectivity index (χ3n) is 3.95. The van der Waals surface area contributed by atoms with Crippen LogP contribution in [-0.2, 0) is 10.4 Å². The SMILES string of the molecule is O=C(COc1ccccc1F)NC[C@@](O)(c1ccco1)C1CC1. The smallest absolute Gasteiger partial charge is 0.258 e. The normalized spacial score (nSPS) is 16.6. The van der Waals surface area contributed by atoms with Crippen LogP contribution < -0.4 is 10.1 Å². The minimum absolute atomic E-state index is 0.0196. The second kappa shape index (κ2) is 6.42. The van der Waals surface area contributed by atoms with Gasteiger partial charge in [-0.1, -0.05) is 12.1 Å². The molecule has 1 saturated carbocycles. The first-order valence-electron chi connectivity index (χ1n) is 7.50. The number of rotatable bonds is 7. The Morgan fingerprint density at radius 1 is 1.35 bits per heavy atom. The number of halogens is 1. The number of hydrogen-bond acceptors (Lipinski definition) is 4. The van der Waals surface area contributed by atoms with Gasteiger partial charge in [0.1, 0.15) is 11.4 Å². The molecule has 2 N–H and O–H groups in total.